The number of likely N-dealkylation sites (tertiary alicyclic amines) is 1. The van der Waals surface area contributed by atoms with Gasteiger partial charge in [-0.2, -0.15) is 0 Å². The quantitative estimate of drug-likeness (QED) is 0.869. The fourth-order valence-corrected chi connectivity index (χ4v) is 3.06. The van der Waals surface area contributed by atoms with Crippen molar-refractivity contribution in [1.82, 2.24) is 10.2 Å². The summed E-state index contributed by atoms with van der Waals surface area (Å²) in [7, 11) is 0. The SMILES string of the molecule is CC(C)C[C@H](NC(=O)Cc1ccc(F)cc1)C(=O)N1CCCCC1. The van der Waals surface area contributed by atoms with E-state index in [4.69, 9.17) is 0 Å². The monoisotopic (exact) mass is 334 g/mol. The third-order valence-electron chi connectivity index (χ3n) is 4.29. The number of hydrogen-bond donors (Lipinski definition) is 1. The number of carbonyl (C=O) groups excluding carboxylic acids is 2. The summed E-state index contributed by atoms with van der Waals surface area (Å²) in [6.07, 6.45) is 4.01. The first-order valence-corrected chi connectivity index (χ1v) is 8.78. The van der Waals surface area contributed by atoms with E-state index >= 15 is 0 Å². The smallest absolute Gasteiger partial charge is 0.245 e. The van der Waals surface area contributed by atoms with Crippen LogP contribution in [0.3, 0.4) is 0 Å². The normalized spacial score (nSPS) is 16.1. The summed E-state index contributed by atoms with van der Waals surface area (Å²) in [4.78, 5) is 26.9. The topological polar surface area (TPSA) is 49.4 Å². The van der Waals surface area contributed by atoms with Crippen LogP contribution in [-0.4, -0.2) is 35.8 Å². The van der Waals surface area contributed by atoms with Crippen molar-refractivity contribution >= 4 is 11.8 Å². The van der Waals surface area contributed by atoms with Gasteiger partial charge >= 0.3 is 0 Å². The van der Waals surface area contributed by atoms with E-state index in [1.54, 1.807) is 12.1 Å². The maximum atomic E-state index is 12.9. The summed E-state index contributed by atoms with van der Waals surface area (Å²) in [5.74, 6) is -0.180. The molecule has 1 aliphatic heterocycles. The molecule has 1 fully saturated rings. The highest BCUT2D eigenvalue weighted by Gasteiger charge is 2.27. The van der Waals surface area contributed by atoms with Crippen molar-refractivity contribution in [3.63, 3.8) is 0 Å². The van der Waals surface area contributed by atoms with Crippen molar-refractivity contribution in [2.75, 3.05) is 13.1 Å². The Kier molecular flexibility index (Phi) is 6.76. The molecule has 0 spiro atoms. The minimum atomic E-state index is -0.476. The van der Waals surface area contributed by atoms with Crippen molar-refractivity contribution < 1.29 is 14.0 Å². The van der Waals surface area contributed by atoms with Crippen LogP contribution in [0.2, 0.25) is 0 Å². The molecule has 1 atom stereocenters. The van der Waals surface area contributed by atoms with Crippen LogP contribution in [-0.2, 0) is 16.0 Å². The van der Waals surface area contributed by atoms with Crippen LogP contribution < -0.4 is 5.32 Å². The van der Waals surface area contributed by atoms with Crippen LogP contribution in [0.25, 0.3) is 0 Å². The van der Waals surface area contributed by atoms with Crippen molar-refractivity contribution in [1.29, 1.82) is 0 Å². The highest BCUT2D eigenvalue weighted by atomic mass is 19.1. The third kappa shape index (κ3) is 5.62. The van der Waals surface area contributed by atoms with Gasteiger partial charge in [0.25, 0.3) is 0 Å². The van der Waals surface area contributed by atoms with Gasteiger partial charge in [0.15, 0.2) is 0 Å². The largest absolute Gasteiger partial charge is 0.344 e. The Labute approximate surface area is 143 Å². The van der Waals surface area contributed by atoms with Gasteiger partial charge in [0.2, 0.25) is 11.8 Å². The summed E-state index contributed by atoms with van der Waals surface area (Å²) in [6.45, 7) is 5.65. The summed E-state index contributed by atoms with van der Waals surface area (Å²) in [6, 6.07) is 5.40. The summed E-state index contributed by atoms with van der Waals surface area (Å²) >= 11 is 0. The molecule has 0 unspecified atom stereocenters. The highest BCUT2D eigenvalue weighted by molar-refractivity contribution is 5.88. The number of rotatable bonds is 6. The number of benzene rings is 1. The molecule has 1 N–H and O–H groups in total. The van der Waals surface area contributed by atoms with Gasteiger partial charge in [-0.05, 0) is 49.3 Å². The van der Waals surface area contributed by atoms with Gasteiger partial charge in [-0.1, -0.05) is 26.0 Å². The van der Waals surface area contributed by atoms with Gasteiger partial charge in [0.05, 0.1) is 6.42 Å². The molecule has 132 valence electrons. The van der Waals surface area contributed by atoms with E-state index in [0.717, 1.165) is 37.9 Å². The van der Waals surface area contributed by atoms with E-state index in [9.17, 15) is 14.0 Å². The molecule has 5 heteroatoms. The predicted octanol–water partition coefficient (Wildman–Crippen LogP) is 2.91. The zero-order chi connectivity index (χ0) is 17.5. The van der Waals surface area contributed by atoms with E-state index < -0.39 is 6.04 Å². The van der Waals surface area contributed by atoms with Crippen LogP contribution in [0.4, 0.5) is 4.39 Å². The molecule has 1 heterocycles. The first kappa shape index (κ1) is 18.4. The Morgan fingerprint density at radius 3 is 2.33 bits per heavy atom. The van der Waals surface area contributed by atoms with Crippen LogP contribution in [0.1, 0.15) is 45.1 Å². The van der Waals surface area contributed by atoms with E-state index in [-0.39, 0.29) is 24.1 Å². The summed E-state index contributed by atoms with van der Waals surface area (Å²) < 4.78 is 12.9. The fraction of sp³-hybridized carbons (Fsp3) is 0.579. The average Bonchev–Trinajstić information content (AvgIpc) is 2.56. The Balaban J connectivity index is 1.97. The van der Waals surface area contributed by atoms with Gasteiger partial charge in [-0.15, -0.1) is 0 Å². The van der Waals surface area contributed by atoms with Gasteiger partial charge in [-0.3, -0.25) is 9.59 Å². The number of nitrogens with zero attached hydrogens (tertiary/aromatic N) is 1. The standard InChI is InChI=1S/C19H27FN2O2/c1-14(2)12-17(19(24)22-10-4-3-5-11-22)21-18(23)13-15-6-8-16(20)9-7-15/h6-9,14,17H,3-5,10-13H2,1-2H3,(H,21,23)/t17-/m0/s1. The maximum absolute atomic E-state index is 12.9. The lowest BCUT2D eigenvalue weighted by Gasteiger charge is -2.31. The lowest BCUT2D eigenvalue weighted by molar-refractivity contribution is -0.137. The van der Waals surface area contributed by atoms with Crippen molar-refractivity contribution in [3.05, 3.63) is 35.6 Å². The first-order chi connectivity index (χ1) is 11.5. The lowest BCUT2D eigenvalue weighted by Crippen LogP contribution is -2.50. The third-order valence-corrected chi connectivity index (χ3v) is 4.29. The maximum Gasteiger partial charge on any atom is 0.245 e. The molecule has 0 radical (unpaired) electrons. The van der Waals surface area contributed by atoms with Gasteiger partial charge in [0, 0.05) is 13.1 Å². The number of piperidine rings is 1. The van der Waals surface area contributed by atoms with Crippen molar-refractivity contribution in [2.24, 2.45) is 5.92 Å². The Morgan fingerprint density at radius 1 is 1.12 bits per heavy atom. The molecular formula is C19H27FN2O2. The van der Waals surface area contributed by atoms with Crippen LogP contribution >= 0.6 is 0 Å². The first-order valence-electron chi connectivity index (χ1n) is 8.78. The van der Waals surface area contributed by atoms with Crippen LogP contribution in [0, 0.1) is 11.7 Å². The van der Waals surface area contributed by atoms with Gasteiger partial charge in [-0.25, -0.2) is 4.39 Å². The molecular weight excluding hydrogens is 307 g/mol. The zero-order valence-corrected chi connectivity index (χ0v) is 14.6. The fourth-order valence-electron chi connectivity index (χ4n) is 3.06. The van der Waals surface area contributed by atoms with Gasteiger partial charge in [0.1, 0.15) is 11.9 Å². The van der Waals surface area contributed by atoms with Crippen LogP contribution in [0.15, 0.2) is 24.3 Å². The zero-order valence-electron chi connectivity index (χ0n) is 14.6. The second-order valence-corrected chi connectivity index (χ2v) is 6.94. The summed E-state index contributed by atoms with van der Waals surface area (Å²) in [5, 5.41) is 2.88. The number of amides is 2. The van der Waals surface area contributed by atoms with E-state index in [1.165, 1.54) is 12.1 Å². The highest BCUT2D eigenvalue weighted by Crippen LogP contribution is 2.14. The van der Waals surface area contributed by atoms with Crippen molar-refractivity contribution in [3.8, 4) is 0 Å². The van der Waals surface area contributed by atoms with Gasteiger partial charge < -0.3 is 10.2 Å². The second kappa shape index (κ2) is 8.81. The molecule has 4 nitrogen and oxygen atoms in total. The van der Waals surface area contributed by atoms with E-state index in [1.807, 2.05) is 18.7 Å². The number of hydrogen-bond acceptors (Lipinski definition) is 2. The minimum absolute atomic E-state index is 0.0239. The van der Waals surface area contributed by atoms with E-state index in [2.05, 4.69) is 5.32 Å². The number of halogens is 1. The number of nitrogens with one attached hydrogen (secondary N) is 1. The second-order valence-electron chi connectivity index (χ2n) is 6.94. The Bertz CT molecular complexity index is 551. The molecule has 1 aromatic rings. The minimum Gasteiger partial charge on any atom is -0.344 e. The van der Waals surface area contributed by atoms with Crippen LogP contribution in [0.5, 0.6) is 0 Å². The molecule has 24 heavy (non-hydrogen) atoms. The molecule has 0 aliphatic carbocycles. The Hall–Kier alpha value is -1.91. The Morgan fingerprint density at radius 2 is 1.75 bits per heavy atom. The average molecular weight is 334 g/mol. The predicted molar refractivity (Wildman–Crippen MR) is 91.9 cm³/mol. The molecule has 2 amide bonds. The molecule has 2 rings (SSSR count). The molecule has 1 saturated heterocycles. The molecule has 1 aromatic carbocycles. The van der Waals surface area contributed by atoms with E-state index in [0.29, 0.717) is 12.3 Å². The number of carbonyl (C=O) groups is 2. The molecule has 1 aliphatic rings. The summed E-state index contributed by atoms with van der Waals surface area (Å²) in [5.41, 5.74) is 0.739. The molecule has 0 aromatic heterocycles. The lowest BCUT2D eigenvalue weighted by atomic mass is 10.0. The van der Waals surface area contributed by atoms with Crippen molar-refractivity contribution in [2.45, 2.75) is 52.0 Å². The molecule has 0 saturated carbocycles. The molecule has 0 bridgehead atoms.